The molecule has 1 aliphatic rings. The Bertz CT molecular complexity index is 489. The lowest BCUT2D eigenvalue weighted by atomic mass is 10.1. The Hall–Kier alpha value is -1.95. The van der Waals surface area contributed by atoms with Crippen LogP contribution < -0.4 is 16.0 Å². The molecule has 0 radical (unpaired) electrons. The molecule has 3 N–H and O–H groups in total. The van der Waals surface area contributed by atoms with E-state index in [9.17, 15) is 9.59 Å². The summed E-state index contributed by atoms with van der Waals surface area (Å²) in [5.41, 5.74) is 5.80. The Morgan fingerprint density at radius 3 is 2.67 bits per heavy atom. The number of carbonyl (C=O) groups excluding carboxylic acids is 2. The molecule has 1 saturated heterocycles. The fourth-order valence-corrected chi connectivity index (χ4v) is 2.17. The van der Waals surface area contributed by atoms with E-state index >= 15 is 0 Å². The van der Waals surface area contributed by atoms with Gasteiger partial charge in [0.15, 0.2) is 5.11 Å². The number of anilines is 1. The van der Waals surface area contributed by atoms with Crippen LogP contribution >= 0.6 is 12.2 Å². The van der Waals surface area contributed by atoms with Crippen LogP contribution in [0.15, 0.2) is 30.3 Å². The van der Waals surface area contributed by atoms with Gasteiger partial charge in [-0.1, -0.05) is 18.2 Å². The van der Waals surface area contributed by atoms with Crippen molar-refractivity contribution in [2.45, 2.75) is 18.9 Å². The minimum absolute atomic E-state index is 0.146. The quantitative estimate of drug-likeness (QED) is 0.778. The fourth-order valence-electron chi connectivity index (χ4n) is 1.84. The number of benzene rings is 1. The van der Waals surface area contributed by atoms with Crippen molar-refractivity contribution >= 4 is 34.8 Å². The monoisotopic (exact) mass is 263 g/mol. The second-order valence-corrected chi connectivity index (χ2v) is 4.40. The average Bonchev–Trinajstić information content (AvgIpc) is 2.63. The fraction of sp³-hybridized carbons (Fsp3) is 0.250. The van der Waals surface area contributed by atoms with Crippen LogP contribution in [0.1, 0.15) is 12.8 Å². The van der Waals surface area contributed by atoms with Crippen molar-refractivity contribution in [1.29, 1.82) is 0 Å². The molecular formula is C12H13N3O2S. The van der Waals surface area contributed by atoms with Crippen molar-refractivity contribution in [3.05, 3.63) is 30.3 Å². The molecule has 18 heavy (non-hydrogen) atoms. The van der Waals surface area contributed by atoms with Crippen LogP contribution in [0.25, 0.3) is 0 Å². The molecule has 0 saturated carbocycles. The Morgan fingerprint density at radius 2 is 2.06 bits per heavy atom. The molecule has 0 aromatic heterocycles. The van der Waals surface area contributed by atoms with Gasteiger partial charge in [-0.25, -0.2) is 0 Å². The van der Waals surface area contributed by atoms with Gasteiger partial charge in [-0.05, 0) is 30.8 Å². The predicted octanol–water partition coefficient (Wildman–Crippen LogP) is 0.542. The van der Waals surface area contributed by atoms with Gasteiger partial charge in [0, 0.05) is 6.42 Å². The van der Waals surface area contributed by atoms with Crippen molar-refractivity contribution in [3.8, 4) is 0 Å². The largest absolute Gasteiger partial charge is 0.370 e. The molecule has 5 nitrogen and oxygen atoms in total. The highest BCUT2D eigenvalue weighted by Crippen LogP contribution is 2.20. The van der Waals surface area contributed by atoms with Crippen LogP contribution in [-0.4, -0.2) is 23.0 Å². The van der Waals surface area contributed by atoms with E-state index in [1.165, 1.54) is 4.90 Å². The van der Waals surface area contributed by atoms with Gasteiger partial charge in [-0.3, -0.25) is 14.5 Å². The first kappa shape index (κ1) is 12.5. The first-order valence-corrected chi connectivity index (χ1v) is 5.98. The third-order valence-corrected chi connectivity index (χ3v) is 3.01. The topological polar surface area (TPSA) is 75.4 Å². The van der Waals surface area contributed by atoms with Crippen LogP contribution in [0.2, 0.25) is 0 Å². The normalized spacial score (nSPS) is 18.9. The molecule has 0 bridgehead atoms. The van der Waals surface area contributed by atoms with E-state index in [2.05, 4.69) is 5.32 Å². The first-order valence-electron chi connectivity index (χ1n) is 5.57. The summed E-state index contributed by atoms with van der Waals surface area (Å²) in [5, 5.41) is 3.27. The summed E-state index contributed by atoms with van der Waals surface area (Å²) in [6, 6.07) is 8.69. The highest BCUT2D eigenvalue weighted by molar-refractivity contribution is 7.80. The molecule has 6 heteroatoms. The molecule has 1 aliphatic heterocycles. The van der Waals surface area contributed by atoms with E-state index in [0.29, 0.717) is 11.5 Å². The number of amides is 2. The zero-order valence-electron chi connectivity index (χ0n) is 9.63. The minimum atomic E-state index is -0.467. The number of primary amides is 1. The van der Waals surface area contributed by atoms with Gasteiger partial charge in [0.1, 0.15) is 6.04 Å². The maximum absolute atomic E-state index is 12.2. The van der Waals surface area contributed by atoms with Gasteiger partial charge in [0.05, 0.1) is 5.69 Å². The molecule has 94 valence electrons. The molecule has 2 amide bonds. The number of hydrogen-bond donors (Lipinski definition) is 2. The van der Waals surface area contributed by atoms with Gasteiger partial charge in [-0.15, -0.1) is 0 Å². The Morgan fingerprint density at radius 1 is 1.39 bits per heavy atom. The van der Waals surface area contributed by atoms with E-state index in [-0.39, 0.29) is 12.3 Å². The van der Waals surface area contributed by atoms with Crippen LogP contribution in [0, 0.1) is 0 Å². The number of carbonyl (C=O) groups is 2. The summed E-state index contributed by atoms with van der Waals surface area (Å²) in [6.45, 7) is 0. The Labute approximate surface area is 110 Å². The third-order valence-electron chi connectivity index (χ3n) is 2.71. The van der Waals surface area contributed by atoms with Gasteiger partial charge in [0.25, 0.3) is 5.91 Å². The van der Waals surface area contributed by atoms with Gasteiger partial charge < -0.3 is 11.1 Å². The van der Waals surface area contributed by atoms with E-state index in [4.69, 9.17) is 18.0 Å². The highest BCUT2D eigenvalue weighted by atomic mass is 32.1. The second kappa shape index (κ2) is 5.14. The molecule has 1 aromatic rings. The van der Waals surface area contributed by atoms with Gasteiger partial charge in [-0.2, -0.15) is 0 Å². The Kier molecular flexibility index (Phi) is 3.57. The summed E-state index contributed by atoms with van der Waals surface area (Å²) in [5.74, 6) is -0.568. The number of nitrogens with one attached hydrogen (secondary N) is 1. The summed E-state index contributed by atoms with van der Waals surface area (Å²) in [7, 11) is 0. The summed E-state index contributed by atoms with van der Waals surface area (Å²) in [4.78, 5) is 24.3. The van der Waals surface area contributed by atoms with Gasteiger partial charge in [0.2, 0.25) is 5.91 Å². The molecule has 1 fully saturated rings. The van der Waals surface area contributed by atoms with Crippen molar-refractivity contribution in [1.82, 2.24) is 5.32 Å². The molecule has 2 rings (SSSR count). The standard InChI is InChI=1S/C12H13N3O2S/c13-10(16)7-6-9-11(17)15(12(18)14-9)8-4-2-1-3-5-8/h1-5,9H,6-7H2,(H2,13,16)(H,14,18)/t9-/m1/s1. The lowest BCUT2D eigenvalue weighted by Crippen LogP contribution is -2.31. The SMILES string of the molecule is NC(=O)CC[C@H]1NC(=S)N(c2ccccc2)C1=O. The number of hydrogen-bond acceptors (Lipinski definition) is 3. The molecular weight excluding hydrogens is 250 g/mol. The van der Waals surface area contributed by atoms with E-state index < -0.39 is 11.9 Å². The van der Waals surface area contributed by atoms with Crippen LogP contribution in [0.5, 0.6) is 0 Å². The van der Waals surface area contributed by atoms with Crippen LogP contribution in [0.4, 0.5) is 5.69 Å². The second-order valence-electron chi connectivity index (χ2n) is 4.02. The number of nitrogens with two attached hydrogens (primary N) is 1. The zero-order valence-corrected chi connectivity index (χ0v) is 10.4. The smallest absolute Gasteiger partial charge is 0.255 e. The number of para-hydroxylation sites is 1. The van der Waals surface area contributed by atoms with Crippen LogP contribution in [-0.2, 0) is 9.59 Å². The van der Waals surface area contributed by atoms with E-state index in [1.54, 1.807) is 0 Å². The number of rotatable bonds is 4. The molecule has 0 unspecified atom stereocenters. The van der Waals surface area contributed by atoms with Crippen molar-refractivity contribution < 1.29 is 9.59 Å². The van der Waals surface area contributed by atoms with Crippen molar-refractivity contribution in [3.63, 3.8) is 0 Å². The van der Waals surface area contributed by atoms with E-state index in [0.717, 1.165) is 5.69 Å². The lowest BCUT2D eigenvalue weighted by Gasteiger charge is -2.14. The molecule has 1 aromatic carbocycles. The summed E-state index contributed by atoms with van der Waals surface area (Å²) < 4.78 is 0. The van der Waals surface area contributed by atoms with E-state index in [1.807, 2.05) is 30.3 Å². The Balaban J connectivity index is 2.12. The maximum Gasteiger partial charge on any atom is 0.255 e. The molecule has 0 aliphatic carbocycles. The minimum Gasteiger partial charge on any atom is -0.370 e. The zero-order chi connectivity index (χ0) is 13.1. The number of nitrogens with zero attached hydrogens (tertiary/aromatic N) is 1. The molecule has 1 atom stereocenters. The van der Waals surface area contributed by atoms with Crippen molar-refractivity contribution in [2.75, 3.05) is 4.90 Å². The first-order chi connectivity index (χ1) is 8.59. The lowest BCUT2D eigenvalue weighted by molar-refractivity contribution is -0.119. The summed E-state index contributed by atoms with van der Waals surface area (Å²) in [6.07, 6.45) is 0.520. The molecule has 1 heterocycles. The maximum atomic E-state index is 12.2. The highest BCUT2D eigenvalue weighted by Gasteiger charge is 2.36. The predicted molar refractivity (Wildman–Crippen MR) is 71.9 cm³/mol. The third kappa shape index (κ3) is 2.48. The number of thiocarbonyl (C=S) groups is 1. The van der Waals surface area contributed by atoms with Crippen LogP contribution in [0.3, 0.4) is 0 Å². The van der Waals surface area contributed by atoms with Gasteiger partial charge >= 0.3 is 0 Å². The summed E-state index contributed by atoms with van der Waals surface area (Å²) >= 11 is 5.13. The molecule has 0 spiro atoms. The average molecular weight is 263 g/mol. The van der Waals surface area contributed by atoms with Crippen molar-refractivity contribution in [2.24, 2.45) is 5.73 Å².